The van der Waals surface area contributed by atoms with Crippen LogP contribution in [-0.2, 0) is 9.53 Å². The van der Waals surface area contributed by atoms with Crippen LogP contribution in [0.25, 0.3) is 0 Å². The number of hydrogen-bond donors (Lipinski definition) is 1. The average Bonchev–Trinajstić information content (AvgIpc) is 3.37. The van der Waals surface area contributed by atoms with Gasteiger partial charge in [-0.3, -0.25) is 9.59 Å². The molecule has 144 valence electrons. The number of esters is 1. The summed E-state index contributed by atoms with van der Waals surface area (Å²) >= 11 is 0. The van der Waals surface area contributed by atoms with Crippen LogP contribution in [0.2, 0.25) is 0 Å². The van der Waals surface area contributed by atoms with Crippen molar-refractivity contribution in [3.05, 3.63) is 22.5 Å². The van der Waals surface area contributed by atoms with Crippen molar-refractivity contribution in [1.82, 2.24) is 9.88 Å². The second-order valence-corrected chi connectivity index (χ2v) is 7.54. The van der Waals surface area contributed by atoms with Gasteiger partial charge >= 0.3 is 5.97 Å². The fourth-order valence-electron chi connectivity index (χ4n) is 3.27. The Labute approximate surface area is 155 Å². The zero-order valence-corrected chi connectivity index (χ0v) is 16.6. The quantitative estimate of drug-likeness (QED) is 0.568. The number of carbonyl (C=O) groups is 3. The summed E-state index contributed by atoms with van der Waals surface area (Å²) in [5, 5.41) is 0. The van der Waals surface area contributed by atoms with Gasteiger partial charge in [-0.25, -0.2) is 4.79 Å². The number of carbonyl (C=O) groups excluding carboxylic acids is 3. The lowest BCUT2D eigenvalue weighted by Gasteiger charge is -2.30. The van der Waals surface area contributed by atoms with Crippen LogP contribution in [0.5, 0.6) is 0 Å². The van der Waals surface area contributed by atoms with Crippen LogP contribution >= 0.6 is 0 Å². The van der Waals surface area contributed by atoms with Crippen molar-refractivity contribution in [2.75, 3.05) is 13.2 Å². The summed E-state index contributed by atoms with van der Waals surface area (Å²) in [7, 11) is 0. The molecule has 1 aromatic heterocycles. The molecule has 0 radical (unpaired) electrons. The molecule has 1 fully saturated rings. The maximum absolute atomic E-state index is 13.2. The van der Waals surface area contributed by atoms with E-state index in [0.717, 1.165) is 12.8 Å². The van der Waals surface area contributed by atoms with E-state index in [9.17, 15) is 14.4 Å². The first-order valence-electron chi connectivity index (χ1n) is 9.39. The fraction of sp³-hybridized carbons (Fsp3) is 0.650. The lowest BCUT2D eigenvalue weighted by atomic mass is 9.98. The third-order valence-electron chi connectivity index (χ3n) is 4.78. The first-order valence-corrected chi connectivity index (χ1v) is 9.39. The minimum absolute atomic E-state index is 0.0625. The number of ether oxygens (including phenoxy) is 1. The molecule has 1 amide bonds. The zero-order chi connectivity index (χ0) is 19.6. The zero-order valence-electron chi connectivity index (χ0n) is 16.6. The van der Waals surface area contributed by atoms with E-state index < -0.39 is 12.0 Å². The standard InChI is InChI=1S/C20H30N2O4/c1-7-26-20(25)17-12(4)16(13(5)21-17)18(23)14(6)22(10-11(2)3)19(24)15-8-9-15/h11,14-15,21H,7-10H2,1-6H3. The Kier molecular flexibility index (Phi) is 6.26. The first-order chi connectivity index (χ1) is 12.2. The van der Waals surface area contributed by atoms with Crippen LogP contribution in [0, 0.1) is 25.7 Å². The molecule has 26 heavy (non-hydrogen) atoms. The summed E-state index contributed by atoms with van der Waals surface area (Å²) in [5.74, 6) is -0.200. The van der Waals surface area contributed by atoms with Crippen molar-refractivity contribution in [1.29, 1.82) is 0 Å². The molecule has 1 unspecified atom stereocenters. The molecule has 1 N–H and O–H groups in total. The highest BCUT2D eigenvalue weighted by atomic mass is 16.5. The van der Waals surface area contributed by atoms with Gasteiger partial charge in [0, 0.05) is 23.7 Å². The van der Waals surface area contributed by atoms with Crippen LogP contribution < -0.4 is 0 Å². The minimum atomic E-state index is -0.561. The SMILES string of the molecule is CCOC(=O)c1[nH]c(C)c(C(=O)C(C)N(CC(C)C)C(=O)C2CC2)c1C. The Bertz CT molecular complexity index is 701. The van der Waals surface area contributed by atoms with Gasteiger partial charge in [-0.05, 0) is 52.0 Å². The largest absolute Gasteiger partial charge is 0.461 e. The Balaban J connectivity index is 2.30. The number of aromatic nitrogens is 1. The number of nitrogens with one attached hydrogen (secondary N) is 1. The number of ketones is 1. The highest BCUT2D eigenvalue weighted by molar-refractivity contribution is 6.06. The molecule has 0 bridgehead atoms. The number of Topliss-reactive ketones (excluding diaryl/α,β-unsaturated/α-hetero) is 1. The smallest absolute Gasteiger partial charge is 0.355 e. The normalized spacial score (nSPS) is 15.0. The Morgan fingerprint density at radius 1 is 1.19 bits per heavy atom. The van der Waals surface area contributed by atoms with Gasteiger partial charge < -0.3 is 14.6 Å². The molecule has 1 heterocycles. The van der Waals surface area contributed by atoms with E-state index in [0.29, 0.717) is 29.1 Å². The van der Waals surface area contributed by atoms with Crippen LogP contribution in [0.1, 0.15) is 72.6 Å². The van der Waals surface area contributed by atoms with E-state index in [1.165, 1.54) is 0 Å². The fourth-order valence-corrected chi connectivity index (χ4v) is 3.27. The molecule has 0 aliphatic heterocycles. The number of aryl methyl sites for hydroxylation is 1. The minimum Gasteiger partial charge on any atom is -0.461 e. The Hall–Kier alpha value is -2.11. The van der Waals surface area contributed by atoms with Crippen molar-refractivity contribution in [3.63, 3.8) is 0 Å². The lowest BCUT2D eigenvalue weighted by Crippen LogP contribution is -2.46. The highest BCUT2D eigenvalue weighted by Crippen LogP contribution is 2.32. The summed E-state index contributed by atoms with van der Waals surface area (Å²) in [6.07, 6.45) is 1.81. The summed E-state index contributed by atoms with van der Waals surface area (Å²) in [6, 6.07) is -0.561. The maximum Gasteiger partial charge on any atom is 0.355 e. The monoisotopic (exact) mass is 362 g/mol. The van der Waals surface area contributed by atoms with Gasteiger partial charge in [0.15, 0.2) is 5.78 Å². The number of aromatic amines is 1. The third-order valence-corrected chi connectivity index (χ3v) is 4.78. The van der Waals surface area contributed by atoms with E-state index in [4.69, 9.17) is 4.74 Å². The van der Waals surface area contributed by atoms with Crippen molar-refractivity contribution < 1.29 is 19.1 Å². The van der Waals surface area contributed by atoms with E-state index in [1.807, 2.05) is 13.8 Å². The Morgan fingerprint density at radius 2 is 1.81 bits per heavy atom. The second kappa shape index (κ2) is 8.06. The predicted molar refractivity (Wildman–Crippen MR) is 99.3 cm³/mol. The maximum atomic E-state index is 13.2. The summed E-state index contributed by atoms with van der Waals surface area (Å²) < 4.78 is 5.05. The van der Waals surface area contributed by atoms with Crippen molar-refractivity contribution in [2.45, 2.75) is 60.4 Å². The second-order valence-electron chi connectivity index (χ2n) is 7.54. The molecule has 1 saturated carbocycles. The molecule has 1 atom stereocenters. The summed E-state index contributed by atoms with van der Waals surface area (Å²) in [5.41, 5.74) is 2.01. The van der Waals surface area contributed by atoms with Crippen LogP contribution in [0.3, 0.4) is 0 Å². The number of nitrogens with zero attached hydrogens (tertiary/aromatic N) is 1. The van der Waals surface area contributed by atoms with E-state index in [2.05, 4.69) is 4.98 Å². The van der Waals surface area contributed by atoms with Gasteiger partial charge in [0.05, 0.1) is 12.6 Å². The Morgan fingerprint density at radius 3 is 2.31 bits per heavy atom. The highest BCUT2D eigenvalue weighted by Gasteiger charge is 2.38. The third kappa shape index (κ3) is 4.17. The number of hydrogen-bond acceptors (Lipinski definition) is 4. The number of H-pyrrole nitrogens is 1. The van der Waals surface area contributed by atoms with Crippen LogP contribution in [-0.4, -0.2) is 46.7 Å². The van der Waals surface area contributed by atoms with Crippen molar-refractivity contribution >= 4 is 17.7 Å². The van der Waals surface area contributed by atoms with E-state index in [-0.39, 0.29) is 30.1 Å². The topological polar surface area (TPSA) is 79.5 Å². The van der Waals surface area contributed by atoms with Crippen molar-refractivity contribution in [2.24, 2.45) is 11.8 Å². The molecular weight excluding hydrogens is 332 g/mol. The molecule has 0 saturated heterocycles. The first kappa shape index (κ1) is 20.2. The van der Waals surface area contributed by atoms with Gasteiger partial charge in [-0.1, -0.05) is 13.8 Å². The van der Waals surface area contributed by atoms with Gasteiger partial charge in [0.2, 0.25) is 5.91 Å². The van der Waals surface area contributed by atoms with Gasteiger partial charge in [-0.15, -0.1) is 0 Å². The number of amides is 1. The molecule has 1 aromatic rings. The molecule has 0 aromatic carbocycles. The molecule has 1 aliphatic carbocycles. The van der Waals surface area contributed by atoms with Gasteiger partial charge in [0.25, 0.3) is 0 Å². The lowest BCUT2D eigenvalue weighted by molar-refractivity contribution is -0.134. The molecule has 0 spiro atoms. The van der Waals surface area contributed by atoms with Crippen LogP contribution in [0.15, 0.2) is 0 Å². The predicted octanol–water partition coefficient (Wildman–Crippen LogP) is 3.27. The molecular formula is C20H30N2O4. The van der Waals surface area contributed by atoms with Gasteiger partial charge in [0.1, 0.15) is 5.69 Å². The average molecular weight is 362 g/mol. The molecule has 2 rings (SSSR count). The van der Waals surface area contributed by atoms with Crippen molar-refractivity contribution in [3.8, 4) is 0 Å². The van der Waals surface area contributed by atoms with Gasteiger partial charge in [-0.2, -0.15) is 0 Å². The molecule has 1 aliphatic rings. The summed E-state index contributed by atoms with van der Waals surface area (Å²) in [6.45, 7) is 11.9. The van der Waals surface area contributed by atoms with Crippen LogP contribution in [0.4, 0.5) is 0 Å². The molecule has 6 nitrogen and oxygen atoms in total. The molecule has 6 heteroatoms. The summed E-state index contributed by atoms with van der Waals surface area (Å²) in [4.78, 5) is 42.6. The van der Waals surface area contributed by atoms with E-state index in [1.54, 1.807) is 32.6 Å². The van der Waals surface area contributed by atoms with E-state index >= 15 is 0 Å². The number of rotatable bonds is 8.